The monoisotopic (exact) mass is 362 g/mol. The van der Waals surface area contributed by atoms with E-state index in [0.29, 0.717) is 12.3 Å². The van der Waals surface area contributed by atoms with Gasteiger partial charge in [-0.3, -0.25) is 4.79 Å². The second-order valence-corrected chi connectivity index (χ2v) is 7.08. The Labute approximate surface area is 159 Å². The number of nitrogens with zero attached hydrogens (tertiary/aromatic N) is 1. The van der Waals surface area contributed by atoms with Crippen LogP contribution in [0.3, 0.4) is 0 Å². The number of rotatable bonds is 5. The van der Waals surface area contributed by atoms with Gasteiger partial charge in [0.15, 0.2) is 5.78 Å². The first-order valence-electron chi connectivity index (χ1n) is 9.64. The summed E-state index contributed by atoms with van der Waals surface area (Å²) in [5.74, 6) is 0.933. The van der Waals surface area contributed by atoms with Gasteiger partial charge in [0.1, 0.15) is 12.4 Å². The molecule has 1 aromatic heterocycles. The number of ether oxygens (including phenoxy) is 1. The lowest BCUT2D eigenvalue weighted by atomic mass is 9.85. The van der Waals surface area contributed by atoms with E-state index in [-0.39, 0.29) is 11.2 Å². The van der Waals surface area contributed by atoms with Gasteiger partial charge in [-0.1, -0.05) is 48.5 Å². The summed E-state index contributed by atoms with van der Waals surface area (Å²) >= 11 is 0. The zero-order chi connectivity index (χ0) is 20.5. The third-order valence-corrected chi connectivity index (χ3v) is 3.70. The van der Waals surface area contributed by atoms with Crippen LogP contribution in [0.4, 0.5) is 0 Å². The molecule has 0 aliphatic carbocycles. The first kappa shape index (κ1) is 24.2. The number of likely N-dealkylation sites (N-methyl/N-ethyl adjacent to an activating group) is 1. The quantitative estimate of drug-likeness (QED) is 0.698. The number of carbonyl (C=O) groups excluding carboxylic acids is 1. The maximum atomic E-state index is 11.6. The van der Waals surface area contributed by atoms with Crippen LogP contribution in [0, 0.1) is 0 Å². The first-order chi connectivity index (χ1) is 12.2. The molecule has 0 aliphatic heterocycles. The highest BCUT2D eigenvalue weighted by Crippen LogP contribution is 2.35. The van der Waals surface area contributed by atoms with Gasteiger partial charge in [0.25, 0.3) is 0 Å². The summed E-state index contributed by atoms with van der Waals surface area (Å²) in [4.78, 5) is 16.8. The van der Waals surface area contributed by atoms with Gasteiger partial charge in [0, 0.05) is 36.0 Å². The fraction of sp³-hybridized carbons (Fsp3) is 0.591. The van der Waals surface area contributed by atoms with Crippen LogP contribution in [0.25, 0.3) is 10.9 Å². The third kappa shape index (κ3) is 6.83. The molecule has 1 aromatic carbocycles. The maximum Gasteiger partial charge on any atom is 0.175 e. The average Bonchev–Trinajstić information content (AvgIpc) is 3.00. The SMILES string of the molecule is CC.CC.CC(=O)c1cc2cc(C(C)(C)C)c(OCCN(C)C)cc2[nH]1. The summed E-state index contributed by atoms with van der Waals surface area (Å²) in [6.07, 6.45) is 0. The number of carbonyl (C=O) groups is 1. The molecule has 0 radical (unpaired) electrons. The summed E-state index contributed by atoms with van der Waals surface area (Å²) in [5, 5.41) is 1.05. The lowest BCUT2D eigenvalue weighted by molar-refractivity contribution is 0.101. The number of H-pyrrole nitrogens is 1. The molecule has 0 unspecified atom stereocenters. The molecule has 0 saturated heterocycles. The van der Waals surface area contributed by atoms with E-state index in [1.54, 1.807) is 6.92 Å². The Kier molecular flexibility index (Phi) is 10.3. The Morgan fingerprint density at radius 3 is 2.12 bits per heavy atom. The molecule has 4 nitrogen and oxygen atoms in total. The molecule has 148 valence electrons. The van der Waals surface area contributed by atoms with Crippen molar-refractivity contribution in [3.63, 3.8) is 0 Å². The second kappa shape index (κ2) is 11.0. The number of hydrogen-bond donors (Lipinski definition) is 1. The molecule has 1 heterocycles. The van der Waals surface area contributed by atoms with Gasteiger partial charge in [0.05, 0.1) is 5.69 Å². The van der Waals surface area contributed by atoms with Gasteiger partial charge >= 0.3 is 0 Å². The molecule has 26 heavy (non-hydrogen) atoms. The third-order valence-electron chi connectivity index (χ3n) is 3.70. The van der Waals surface area contributed by atoms with Crippen molar-refractivity contribution in [2.45, 2.75) is 60.8 Å². The summed E-state index contributed by atoms with van der Waals surface area (Å²) < 4.78 is 6.01. The molecule has 0 fully saturated rings. The zero-order valence-corrected chi connectivity index (χ0v) is 18.4. The van der Waals surface area contributed by atoms with E-state index in [9.17, 15) is 4.79 Å². The van der Waals surface area contributed by atoms with E-state index < -0.39 is 0 Å². The molecular weight excluding hydrogens is 324 g/mol. The van der Waals surface area contributed by atoms with Gasteiger partial charge in [-0.2, -0.15) is 0 Å². The van der Waals surface area contributed by atoms with E-state index in [1.165, 1.54) is 0 Å². The van der Waals surface area contributed by atoms with Crippen molar-refractivity contribution in [1.82, 2.24) is 9.88 Å². The zero-order valence-electron chi connectivity index (χ0n) is 18.4. The van der Waals surface area contributed by atoms with Gasteiger partial charge in [-0.05, 0) is 31.6 Å². The Bertz CT molecular complexity index is 679. The number of hydrogen-bond acceptors (Lipinski definition) is 3. The van der Waals surface area contributed by atoms with Crippen LogP contribution in [-0.2, 0) is 5.41 Å². The molecule has 0 bridgehead atoms. The number of Topliss-reactive ketones (excluding diaryl/α,β-unsaturated/α-hetero) is 1. The number of aromatic nitrogens is 1. The number of fused-ring (bicyclic) bond motifs is 1. The normalized spacial score (nSPS) is 10.7. The van der Waals surface area contributed by atoms with Crippen molar-refractivity contribution in [3.05, 3.63) is 29.5 Å². The van der Waals surface area contributed by atoms with E-state index in [0.717, 1.165) is 28.8 Å². The molecule has 1 N–H and O–H groups in total. The van der Waals surface area contributed by atoms with Crippen molar-refractivity contribution < 1.29 is 9.53 Å². The number of ketones is 1. The molecule has 0 atom stereocenters. The lowest BCUT2D eigenvalue weighted by Gasteiger charge is -2.23. The van der Waals surface area contributed by atoms with Crippen molar-refractivity contribution >= 4 is 16.7 Å². The highest BCUT2D eigenvalue weighted by molar-refractivity contribution is 5.98. The molecule has 2 aromatic rings. The maximum absolute atomic E-state index is 11.6. The molecule has 4 heteroatoms. The first-order valence-corrected chi connectivity index (χ1v) is 9.64. The summed E-state index contributed by atoms with van der Waals surface area (Å²) in [5.41, 5.74) is 2.72. The van der Waals surface area contributed by atoms with Crippen LogP contribution in [0.1, 0.15) is 71.4 Å². The van der Waals surface area contributed by atoms with Crippen molar-refractivity contribution in [3.8, 4) is 5.75 Å². The van der Waals surface area contributed by atoms with Crippen LogP contribution in [0.2, 0.25) is 0 Å². The van der Waals surface area contributed by atoms with Crippen LogP contribution in [0.5, 0.6) is 5.75 Å². The average molecular weight is 363 g/mol. The van der Waals surface area contributed by atoms with Crippen LogP contribution < -0.4 is 4.74 Å². The summed E-state index contributed by atoms with van der Waals surface area (Å²) in [6, 6.07) is 6.05. The minimum Gasteiger partial charge on any atom is -0.492 e. The van der Waals surface area contributed by atoms with E-state index >= 15 is 0 Å². The highest BCUT2D eigenvalue weighted by atomic mass is 16.5. The van der Waals surface area contributed by atoms with Crippen molar-refractivity contribution in [2.24, 2.45) is 0 Å². The molecule has 2 rings (SSSR count). The van der Waals surface area contributed by atoms with Crippen LogP contribution >= 0.6 is 0 Å². The van der Waals surface area contributed by atoms with E-state index in [2.05, 4.69) is 36.7 Å². The fourth-order valence-corrected chi connectivity index (χ4v) is 2.39. The van der Waals surface area contributed by atoms with E-state index in [4.69, 9.17) is 4.74 Å². The highest BCUT2D eigenvalue weighted by Gasteiger charge is 2.21. The van der Waals surface area contributed by atoms with Crippen LogP contribution in [-0.4, -0.2) is 42.9 Å². The topological polar surface area (TPSA) is 45.3 Å². The Morgan fingerprint density at radius 1 is 1.08 bits per heavy atom. The minimum absolute atomic E-state index is 0.0186. The number of benzene rings is 1. The van der Waals surface area contributed by atoms with Crippen molar-refractivity contribution in [2.75, 3.05) is 27.2 Å². The molecule has 0 amide bonds. The minimum atomic E-state index is -0.0186. The number of nitrogens with one attached hydrogen (secondary N) is 1. The summed E-state index contributed by atoms with van der Waals surface area (Å²) in [7, 11) is 4.06. The Balaban J connectivity index is 0.00000146. The Morgan fingerprint density at radius 2 is 1.65 bits per heavy atom. The van der Waals surface area contributed by atoms with Gasteiger partial charge in [-0.25, -0.2) is 0 Å². The van der Waals surface area contributed by atoms with Gasteiger partial charge < -0.3 is 14.6 Å². The lowest BCUT2D eigenvalue weighted by Crippen LogP contribution is -2.21. The van der Waals surface area contributed by atoms with Gasteiger partial charge in [-0.15, -0.1) is 0 Å². The smallest absolute Gasteiger partial charge is 0.175 e. The molecule has 0 spiro atoms. The van der Waals surface area contributed by atoms with Gasteiger partial charge in [0.2, 0.25) is 0 Å². The standard InChI is InChI=1S/C18H26N2O2.2C2H6/c1-12(21)15-10-13-9-14(18(2,3)4)17(11-16(13)19-15)22-8-7-20(5)6;2*1-2/h9-11,19H,7-8H2,1-6H3;2*1-2H3. The van der Waals surface area contributed by atoms with Crippen molar-refractivity contribution in [1.29, 1.82) is 0 Å². The predicted octanol–water partition coefficient (Wildman–Crippen LogP) is 5.66. The molecule has 0 aliphatic rings. The number of aromatic amines is 1. The van der Waals surface area contributed by atoms with Crippen LogP contribution in [0.15, 0.2) is 18.2 Å². The second-order valence-electron chi connectivity index (χ2n) is 7.08. The fourth-order valence-electron chi connectivity index (χ4n) is 2.39. The largest absolute Gasteiger partial charge is 0.492 e. The molecular formula is C22H38N2O2. The molecule has 0 saturated carbocycles. The summed E-state index contributed by atoms with van der Waals surface area (Å²) in [6.45, 7) is 17.6. The predicted molar refractivity (Wildman–Crippen MR) is 114 cm³/mol. The Hall–Kier alpha value is -1.81. The van der Waals surface area contributed by atoms with E-state index in [1.807, 2.05) is 53.9 Å².